The Kier molecular flexibility index (Phi) is 5.06. The summed E-state index contributed by atoms with van der Waals surface area (Å²) >= 11 is 0. The molecular weight excluding hydrogens is 412 g/mol. The lowest BCUT2D eigenvalue weighted by Gasteiger charge is -2.15. The van der Waals surface area contributed by atoms with Gasteiger partial charge in [-0.15, -0.1) is 0 Å². The van der Waals surface area contributed by atoms with Gasteiger partial charge in [0.15, 0.2) is 0 Å². The van der Waals surface area contributed by atoms with Crippen molar-refractivity contribution in [1.82, 2.24) is 0 Å². The molecule has 2 amide bonds. The summed E-state index contributed by atoms with van der Waals surface area (Å²) in [7, 11) is 0. The molecule has 0 saturated carbocycles. The van der Waals surface area contributed by atoms with Crippen molar-refractivity contribution in [3.63, 3.8) is 0 Å². The molecule has 8 heteroatoms. The number of para-hydroxylation sites is 1. The fourth-order valence-corrected chi connectivity index (χ4v) is 3.26. The average Bonchev–Trinajstić information content (AvgIpc) is 2.98. The van der Waals surface area contributed by atoms with Gasteiger partial charge in [0.2, 0.25) is 0 Å². The van der Waals surface area contributed by atoms with Crippen molar-refractivity contribution >= 4 is 28.8 Å². The number of hydrogen-bond acceptors (Lipinski definition) is 3. The van der Waals surface area contributed by atoms with E-state index in [0.29, 0.717) is 5.69 Å². The summed E-state index contributed by atoms with van der Waals surface area (Å²) in [6.07, 6.45) is -4.57. The Labute approximate surface area is 174 Å². The Morgan fingerprint density at radius 2 is 1.45 bits per heavy atom. The predicted octanol–water partition coefficient (Wildman–Crippen LogP) is 5.24. The molecular formula is C23H14F4N2O2. The number of nitrogens with one attached hydrogen (secondary N) is 1. The van der Waals surface area contributed by atoms with Gasteiger partial charge in [-0.05, 0) is 48.0 Å². The molecule has 4 nitrogen and oxygen atoms in total. The zero-order valence-corrected chi connectivity index (χ0v) is 15.8. The Morgan fingerprint density at radius 3 is 2.10 bits per heavy atom. The molecule has 3 aromatic carbocycles. The maximum absolute atomic E-state index is 13.4. The first-order chi connectivity index (χ1) is 14.8. The fourth-order valence-electron chi connectivity index (χ4n) is 3.26. The second kappa shape index (κ2) is 7.71. The molecule has 0 radical (unpaired) electrons. The molecule has 0 fully saturated rings. The monoisotopic (exact) mass is 426 g/mol. The number of hydrogen-bond donors (Lipinski definition) is 1. The number of alkyl halides is 3. The van der Waals surface area contributed by atoms with Crippen LogP contribution in [0, 0.1) is 5.82 Å². The number of carbonyl (C=O) groups is 2. The van der Waals surface area contributed by atoms with Gasteiger partial charge in [0.1, 0.15) is 11.5 Å². The van der Waals surface area contributed by atoms with Gasteiger partial charge in [0.05, 0.1) is 16.8 Å². The summed E-state index contributed by atoms with van der Waals surface area (Å²) < 4.78 is 52.6. The Bertz CT molecular complexity index is 1190. The molecule has 0 aliphatic carbocycles. The lowest BCUT2D eigenvalue weighted by molar-refractivity contribution is -0.137. The highest BCUT2D eigenvalue weighted by Crippen LogP contribution is 2.35. The zero-order chi connectivity index (χ0) is 22.2. The molecule has 31 heavy (non-hydrogen) atoms. The van der Waals surface area contributed by atoms with Crippen molar-refractivity contribution in [3.8, 4) is 0 Å². The topological polar surface area (TPSA) is 49.4 Å². The lowest BCUT2D eigenvalue weighted by atomic mass is 10.0. The predicted molar refractivity (Wildman–Crippen MR) is 107 cm³/mol. The van der Waals surface area contributed by atoms with E-state index in [0.717, 1.165) is 29.2 Å². The minimum Gasteiger partial charge on any atom is -0.350 e. The number of benzene rings is 3. The summed E-state index contributed by atoms with van der Waals surface area (Å²) in [6.45, 7) is 0. The van der Waals surface area contributed by atoms with Crippen LogP contribution >= 0.6 is 0 Å². The van der Waals surface area contributed by atoms with Gasteiger partial charge in [-0.25, -0.2) is 9.29 Å². The van der Waals surface area contributed by atoms with Crippen molar-refractivity contribution in [2.45, 2.75) is 6.18 Å². The molecule has 1 aliphatic rings. The highest BCUT2D eigenvalue weighted by molar-refractivity contribution is 6.46. The first-order valence-corrected chi connectivity index (χ1v) is 9.14. The second-order valence-corrected chi connectivity index (χ2v) is 6.74. The fraction of sp³-hybridized carbons (Fsp3) is 0.0435. The van der Waals surface area contributed by atoms with Crippen LogP contribution in [0.5, 0.6) is 0 Å². The number of halogens is 4. The van der Waals surface area contributed by atoms with E-state index in [1.807, 2.05) is 0 Å². The Hall–Kier alpha value is -3.94. The number of amides is 2. The van der Waals surface area contributed by atoms with Gasteiger partial charge >= 0.3 is 6.18 Å². The van der Waals surface area contributed by atoms with Crippen LogP contribution in [0.1, 0.15) is 11.1 Å². The molecule has 0 aromatic heterocycles. The highest BCUT2D eigenvalue weighted by Gasteiger charge is 2.40. The van der Waals surface area contributed by atoms with E-state index in [2.05, 4.69) is 5.32 Å². The molecule has 0 unspecified atom stereocenters. The van der Waals surface area contributed by atoms with E-state index in [9.17, 15) is 27.2 Å². The Morgan fingerprint density at radius 1 is 0.774 bits per heavy atom. The van der Waals surface area contributed by atoms with Crippen LogP contribution in [-0.4, -0.2) is 11.8 Å². The third-order valence-electron chi connectivity index (χ3n) is 4.69. The molecule has 0 bridgehead atoms. The zero-order valence-electron chi connectivity index (χ0n) is 15.8. The average molecular weight is 426 g/mol. The standard InChI is InChI=1S/C23H14F4N2O2/c24-16-11-9-14(10-12-16)19-20(28-17-6-4-5-15(13-17)23(25,26)27)22(31)29(21(19)30)18-7-2-1-3-8-18/h1-13,28H. The molecule has 156 valence electrons. The SMILES string of the molecule is O=C1C(Nc2cccc(C(F)(F)F)c2)=C(c2ccc(F)cc2)C(=O)N1c1ccccc1. The van der Waals surface area contributed by atoms with Crippen LogP contribution in [0.25, 0.3) is 5.57 Å². The molecule has 1 aliphatic heterocycles. The normalized spacial score (nSPS) is 14.4. The summed E-state index contributed by atoms with van der Waals surface area (Å²) in [6, 6.07) is 17.3. The van der Waals surface area contributed by atoms with Gasteiger partial charge < -0.3 is 5.32 Å². The molecule has 0 spiro atoms. The van der Waals surface area contributed by atoms with Gasteiger partial charge in [0.25, 0.3) is 11.8 Å². The second-order valence-electron chi connectivity index (χ2n) is 6.74. The largest absolute Gasteiger partial charge is 0.416 e. The van der Waals surface area contributed by atoms with Crippen LogP contribution in [0.4, 0.5) is 28.9 Å². The number of nitrogens with zero attached hydrogens (tertiary/aromatic N) is 1. The molecule has 3 aromatic rings. The van der Waals surface area contributed by atoms with Crippen molar-refractivity contribution in [3.05, 3.63) is 102 Å². The maximum Gasteiger partial charge on any atom is 0.416 e. The van der Waals surface area contributed by atoms with E-state index >= 15 is 0 Å². The van der Waals surface area contributed by atoms with Crippen molar-refractivity contribution in [2.24, 2.45) is 0 Å². The minimum absolute atomic E-state index is 0.0134. The molecule has 1 heterocycles. The number of carbonyl (C=O) groups excluding carboxylic acids is 2. The summed E-state index contributed by atoms with van der Waals surface area (Å²) in [4.78, 5) is 27.2. The first-order valence-electron chi connectivity index (χ1n) is 9.14. The van der Waals surface area contributed by atoms with Crippen LogP contribution in [-0.2, 0) is 15.8 Å². The summed E-state index contributed by atoms with van der Waals surface area (Å²) in [5, 5.41) is 2.67. The van der Waals surface area contributed by atoms with Crippen molar-refractivity contribution < 1.29 is 27.2 Å². The van der Waals surface area contributed by atoms with E-state index in [4.69, 9.17) is 0 Å². The van der Waals surface area contributed by atoms with Crippen molar-refractivity contribution in [1.29, 1.82) is 0 Å². The van der Waals surface area contributed by atoms with Crippen LogP contribution in [0.15, 0.2) is 84.6 Å². The molecule has 4 rings (SSSR count). The van der Waals surface area contributed by atoms with Gasteiger partial charge in [-0.1, -0.05) is 36.4 Å². The summed E-state index contributed by atoms with van der Waals surface area (Å²) in [5.41, 5.74) is -0.615. The number of imide groups is 1. The number of anilines is 2. The quantitative estimate of drug-likeness (QED) is 0.459. The van der Waals surface area contributed by atoms with E-state index in [-0.39, 0.29) is 22.5 Å². The van der Waals surface area contributed by atoms with Gasteiger partial charge in [-0.2, -0.15) is 13.2 Å². The first kappa shape index (κ1) is 20.3. The van der Waals surface area contributed by atoms with Crippen molar-refractivity contribution in [2.75, 3.05) is 10.2 Å². The Balaban J connectivity index is 1.81. The third-order valence-corrected chi connectivity index (χ3v) is 4.69. The smallest absolute Gasteiger partial charge is 0.350 e. The lowest BCUT2D eigenvalue weighted by Crippen LogP contribution is -2.32. The van der Waals surface area contributed by atoms with E-state index in [1.54, 1.807) is 30.3 Å². The van der Waals surface area contributed by atoms with Gasteiger partial charge in [0, 0.05) is 5.69 Å². The van der Waals surface area contributed by atoms with Crippen LogP contribution in [0.2, 0.25) is 0 Å². The van der Waals surface area contributed by atoms with Crippen LogP contribution < -0.4 is 10.2 Å². The van der Waals surface area contributed by atoms with E-state index < -0.39 is 29.4 Å². The van der Waals surface area contributed by atoms with Gasteiger partial charge in [-0.3, -0.25) is 9.59 Å². The van der Waals surface area contributed by atoms with Crippen LogP contribution in [0.3, 0.4) is 0 Å². The number of rotatable bonds is 4. The maximum atomic E-state index is 13.4. The molecule has 0 atom stereocenters. The summed E-state index contributed by atoms with van der Waals surface area (Å²) in [5.74, 6) is -1.93. The minimum atomic E-state index is -4.57. The molecule has 1 N–H and O–H groups in total. The third kappa shape index (κ3) is 3.92. The van der Waals surface area contributed by atoms with E-state index in [1.165, 1.54) is 24.3 Å². The highest BCUT2D eigenvalue weighted by atomic mass is 19.4. The molecule has 0 saturated heterocycles.